The molecule has 22 heavy (non-hydrogen) atoms. The Morgan fingerprint density at radius 2 is 2.05 bits per heavy atom. The van der Waals surface area contributed by atoms with Crippen molar-refractivity contribution in [1.29, 1.82) is 0 Å². The highest BCUT2D eigenvalue weighted by Crippen LogP contribution is 2.24. The maximum Gasteiger partial charge on any atom is 0.255 e. The molecule has 2 nitrogen and oxygen atoms in total. The second kappa shape index (κ2) is 7.74. The Balaban J connectivity index is 2.12. The van der Waals surface area contributed by atoms with Crippen molar-refractivity contribution in [2.45, 2.75) is 39.0 Å². The molecule has 0 unspecified atom stereocenters. The normalized spacial score (nSPS) is 15.3. The smallest absolute Gasteiger partial charge is 0.255 e. The van der Waals surface area contributed by atoms with E-state index in [-0.39, 0.29) is 11.7 Å². The number of allylic oxidation sites excluding steroid dienone is 4. The molecule has 0 aliphatic heterocycles. The van der Waals surface area contributed by atoms with Crippen molar-refractivity contribution in [2.75, 3.05) is 0 Å². The number of amides is 1. The van der Waals surface area contributed by atoms with Gasteiger partial charge in [-0.2, -0.15) is 0 Å². The van der Waals surface area contributed by atoms with Gasteiger partial charge in [0.1, 0.15) is 0 Å². The van der Waals surface area contributed by atoms with Gasteiger partial charge in [0.05, 0.1) is 5.83 Å². The molecule has 0 saturated heterocycles. The van der Waals surface area contributed by atoms with E-state index in [2.05, 4.69) is 18.0 Å². The summed E-state index contributed by atoms with van der Waals surface area (Å²) in [6.45, 7) is 5.14. The van der Waals surface area contributed by atoms with Crippen LogP contribution in [0.3, 0.4) is 0 Å². The minimum Gasteiger partial charge on any atom is -0.323 e. The van der Waals surface area contributed by atoms with E-state index in [1.54, 1.807) is 6.08 Å². The molecule has 1 aliphatic carbocycles. The van der Waals surface area contributed by atoms with Crippen molar-refractivity contribution in [1.82, 2.24) is 5.32 Å². The monoisotopic (exact) mass is 299 g/mol. The SMILES string of the molecule is C=C(/C=C\C=C(/C)F)NC(=O)c1cccc2c1CCCCC2. The third kappa shape index (κ3) is 4.42. The molecule has 2 rings (SSSR count). The standard InChI is InChI=1S/C19H22FNO/c1-14(20)8-6-9-15(2)21-19(22)18-13-7-11-16-10-4-3-5-12-17(16)18/h6-9,11,13H,2-5,10,12H2,1H3,(H,21,22)/b9-6-,14-8+. The van der Waals surface area contributed by atoms with Gasteiger partial charge in [-0.25, -0.2) is 4.39 Å². The van der Waals surface area contributed by atoms with Crippen LogP contribution in [0, 0.1) is 0 Å². The zero-order valence-corrected chi connectivity index (χ0v) is 13.0. The van der Waals surface area contributed by atoms with Gasteiger partial charge in [0.25, 0.3) is 5.91 Å². The first-order valence-corrected chi connectivity index (χ1v) is 7.69. The van der Waals surface area contributed by atoms with Crippen LogP contribution in [-0.2, 0) is 12.8 Å². The summed E-state index contributed by atoms with van der Waals surface area (Å²) in [5.41, 5.74) is 3.62. The summed E-state index contributed by atoms with van der Waals surface area (Å²) in [7, 11) is 0. The van der Waals surface area contributed by atoms with Crippen LogP contribution in [0.5, 0.6) is 0 Å². The molecular weight excluding hydrogens is 277 g/mol. The van der Waals surface area contributed by atoms with Crippen molar-refractivity contribution in [2.24, 2.45) is 0 Å². The van der Waals surface area contributed by atoms with Crippen LogP contribution >= 0.6 is 0 Å². The van der Waals surface area contributed by atoms with Gasteiger partial charge in [-0.3, -0.25) is 4.79 Å². The average molecular weight is 299 g/mol. The van der Waals surface area contributed by atoms with Crippen molar-refractivity contribution < 1.29 is 9.18 Å². The molecule has 1 amide bonds. The fraction of sp³-hybridized carbons (Fsp3) is 0.316. The van der Waals surface area contributed by atoms with Gasteiger partial charge in [0, 0.05) is 11.3 Å². The fourth-order valence-corrected chi connectivity index (χ4v) is 2.72. The van der Waals surface area contributed by atoms with Gasteiger partial charge in [-0.15, -0.1) is 0 Å². The third-order valence-electron chi connectivity index (χ3n) is 3.79. The number of rotatable bonds is 4. The molecule has 1 aromatic carbocycles. The molecule has 0 fully saturated rings. The lowest BCUT2D eigenvalue weighted by atomic mass is 9.96. The summed E-state index contributed by atoms with van der Waals surface area (Å²) in [6.07, 6.45) is 9.95. The quantitative estimate of drug-likeness (QED) is 0.637. The van der Waals surface area contributed by atoms with E-state index in [1.807, 2.05) is 12.1 Å². The molecule has 116 valence electrons. The van der Waals surface area contributed by atoms with Crippen LogP contribution < -0.4 is 5.32 Å². The van der Waals surface area contributed by atoms with E-state index >= 15 is 0 Å². The van der Waals surface area contributed by atoms with E-state index in [1.165, 1.54) is 37.5 Å². The van der Waals surface area contributed by atoms with Crippen LogP contribution in [0.4, 0.5) is 4.39 Å². The van der Waals surface area contributed by atoms with Gasteiger partial charge in [0.15, 0.2) is 0 Å². The highest BCUT2D eigenvalue weighted by Gasteiger charge is 2.16. The first-order valence-electron chi connectivity index (χ1n) is 7.69. The maximum absolute atomic E-state index is 12.6. The van der Waals surface area contributed by atoms with Crippen LogP contribution in [0.25, 0.3) is 0 Å². The van der Waals surface area contributed by atoms with Gasteiger partial charge >= 0.3 is 0 Å². The maximum atomic E-state index is 12.6. The molecule has 0 heterocycles. The second-order valence-corrected chi connectivity index (χ2v) is 5.60. The number of carbonyl (C=O) groups is 1. The summed E-state index contributed by atoms with van der Waals surface area (Å²) < 4.78 is 12.6. The van der Waals surface area contributed by atoms with Crippen molar-refractivity contribution in [3.8, 4) is 0 Å². The summed E-state index contributed by atoms with van der Waals surface area (Å²) in [5.74, 6) is -0.432. The first kappa shape index (κ1) is 16.2. The number of halogens is 1. The average Bonchev–Trinajstić information content (AvgIpc) is 2.71. The highest BCUT2D eigenvalue weighted by molar-refractivity contribution is 5.97. The molecule has 0 aromatic heterocycles. The lowest BCUT2D eigenvalue weighted by molar-refractivity contribution is 0.0966. The van der Waals surface area contributed by atoms with E-state index < -0.39 is 0 Å². The van der Waals surface area contributed by atoms with Crippen molar-refractivity contribution in [3.63, 3.8) is 0 Å². The van der Waals surface area contributed by atoms with Gasteiger partial charge < -0.3 is 5.32 Å². The lowest BCUT2D eigenvalue weighted by Gasteiger charge is -2.12. The first-order chi connectivity index (χ1) is 10.6. The highest BCUT2D eigenvalue weighted by atomic mass is 19.1. The fourth-order valence-electron chi connectivity index (χ4n) is 2.72. The third-order valence-corrected chi connectivity index (χ3v) is 3.79. The van der Waals surface area contributed by atoms with Crippen LogP contribution in [0.2, 0.25) is 0 Å². The largest absolute Gasteiger partial charge is 0.323 e. The molecule has 0 bridgehead atoms. The van der Waals surface area contributed by atoms with Crippen molar-refractivity contribution in [3.05, 3.63) is 71.2 Å². The molecule has 1 aliphatic rings. The minimum atomic E-state index is -0.288. The molecule has 0 radical (unpaired) electrons. The number of carbonyl (C=O) groups excluding carboxylic acids is 1. The summed E-state index contributed by atoms with van der Waals surface area (Å²) in [4.78, 5) is 12.4. The zero-order valence-electron chi connectivity index (χ0n) is 13.0. The van der Waals surface area contributed by atoms with E-state index in [9.17, 15) is 9.18 Å². The number of benzene rings is 1. The molecule has 1 N–H and O–H groups in total. The number of hydrogen-bond donors (Lipinski definition) is 1. The Kier molecular flexibility index (Phi) is 5.70. The predicted molar refractivity (Wildman–Crippen MR) is 88.3 cm³/mol. The molecule has 0 spiro atoms. The Bertz CT molecular complexity index is 624. The van der Waals surface area contributed by atoms with Gasteiger partial charge in [-0.1, -0.05) is 31.2 Å². The number of aryl methyl sites for hydroxylation is 1. The van der Waals surface area contributed by atoms with E-state index in [0.29, 0.717) is 5.70 Å². The topological polar surface area (TPSA) is 29.1 Å². The number of nitrogens with one attached hydrogen (secondary N) is 1. The molecule has 0 saturated carbocycles. The van der Waals surface area contributed by atoms with Crippen LogP contribution in [0.1, 0.15) is 47.7 Å². The van der Waals surface area contributed by atoms with Gasteiger partial charge in [0.2, 0.25) is 0 Å². The Morgan fingerprint density at radius 1 is 1.27 bits per heavy atom. The van der Waals surface area contributed by atoms with E-state index in [0.717, 1.165) is 30.4 Å². The second-order valence-electron chi connectivity index (χ2n) is 5.60. The lowest BCUT2D eigenvalue weighted by Crippen LogP contribution is -2.23. The van der Waals surface area contributed by atoms with Crippen molar-refractivity contribution >= 4 is 5.91 Å². The predicted octanol–water partition coefficient (Wildman–Crippen LogP) is 4.63. The zero-order chi connectivity index (χ0) is 15.9. The molecular formula is C19H22FNO. The number of hydrogen-bond acceptors (Lipinski definition) is 1. The molecule has 1 aromatic rings. The minimum absolute atomic E-state index is 0.144. The summed E-state index contributed by atoms with van der Waals surface area (Å²) in [5, 5.41) is 2.77. The summed E-state index contributed by atoms with van der Waals surface area (Å²) in [6, 6.07) is 5.91. The van der Waals surface area contributed by atoms with Crippen LogP contribution in [0.15, 0.2) is 54.5 Å². The Morgan fingerprint density at radius 3 is 2.82 bits per heavy atom. The molecule has 0 atom stereocenters. The Labute approximate surface area is 131 Å². The molecule has 3 heteroatoms. The van der Waals surface area contributed by atoms with Crippen LogP contribution in [-0.4, -0.2) is 5.91 Å². The Hall–Kier alpha value is -2.16. The number of fused-ring (bicyclic) bond motifs is 1. The van der Waals surface area contributed by atoms with Gasteiger partial charge in [-0.05, 0) is 62.0 Å². The van der Waals surface area contributed by atoms with E-state index in [4.69, 9.17) is 0 Å². The summed E-state index contributed by atoms with van der Waals surface area (Å²) >= 11 is 0.